The maximum Gasteiger partial charge on any atom is 0.165 e. The number of benzene rings is 1. The SMILES string of the molecule is CCCC(CCN)CCC(=O)c1ccc(Br)c(Cl)c1F. The molecule has 1 unspecified atom stereocenters. The van der Waals surface area contributed by atoms with Gasteiger partial charge in [-0.15, -0.1) is 0 Å². The summed E-state index contributed by atoms with van der Waals surface area (Å²) in [6.07, 6.45) is 4.10. The molecule has 2 nitrogen and oxygen atoms in total. The van der Waals surface area contributed by atoms with Crippen molar-refractivity contribution in [3.63, 3.8) is 0 Å². The molecule has 0 aliphatic carbocycles. The Hall–Kier alpha value is -0.450. The van der Waals surface area contributed by atoms with Gasteiger partial charge in [0.25, 0.3) is 0 Å². The smallest absolute Gasteiger partial charge is 0.165 e. The van der Waals surface area contributed by atoms with Crippen molar-refractivity contribution in [1.82, 2.24) is 0 Å². The largest absolute Gasteiger partial charge is 0.330 e. The third-order valence-corrected chi connectivity index (χ3v) is 4.65. The molecule has 2 N–H and O–H groups in total. The van der Waals surface area contributed by atoms with Gasteiger partial charge in [-0.1, -0.05) is 31.4 Å². The van der Waals surface area contributed by atoms with E-state index in [9.17, 15) is 9.18 Å². The maximum atomic E-state index is 13.9. The first-order chi connectivity index (χ1) is 9.51. The molecule has 20 heavy (non-hydrogen) atoms. The summed E-state index contributed by atoms with van der Waals surface area (Å²) in [5.41, 5.74) is 5.64. The van der Waals surface area contributed by atoms with E-state index < -0.39 is 5.82 Å². The summed E-state index contributed by atoms with van der Waals surface area (Å²) in [7, 11) is 0. The second-order valence-electron chi connectivity index (χ2n) is 4.92. The molecule has 112 valence electrons. The number of rotatable bonds is 8. The Morgan fingerprint density at radius 2 is 2.10 bits per heavy atom. The molecule has 0 heterocycles. The molecular formula is C15H20BrClFNO. The molecule has 1 rings (SSSR count). The highest BCUT2D eigenvalue weighted by Crippen LogP contribution is 2.29. The second-order valence-corrected chi connectivity index (χ2v) is 6.15. The van der Waals surface area contributed by atoms with Crippen LogP contribution in [0.5, 0.6) is 0 Å². The third-order valence-electron chi connectivity index (χ3n) is 3.39. The lowest BCUT2D eigenvalue weighted by molar-refractivity contribution is 0.0968. The van der Waals surface area contributed by atoms with Gasteiger partial charge in [-0.25, -0.2) is 4.39 Å². The van der Waals surface area contributed by atoms with Gasteiger partial charge in [-0.3, -0.25) is 4.79 Å². The van der Waals surface area contributed by atoms with Crippen LogP contribution in [0.15, 0.2) is 16.6 Å². The van der Waals surface area contributed by atoms with Crippen LogP contribution in [0.2, 0.25) is 5.02 Å². The lowest BCUT2D eigenvalue weighted by Gasteiger charge is -2.14. The van der Waals surface area contributed by atoms with Crippen LogP contribution in [0.3, 0.4) is 0 Å². The molecule has 0 bridgehead atoms. The predicted octanol–water partition coefficient (Wildman–Crippen LogP) is 4.97. The molecule has 5 heteroatoms. The molecule has 0 saturated carbocycles. The van der Waals surface area contributed by atoms with Gasteiger partial charge >= 0.3 is 0 Å². The Labute approximate surface area is 133 Å². The fourth-order valence-corrected chi connectivity index (χ4v) is 2.76. The zero-order valence-electron chi connectivity index (χ0n) is 11.6. The molecule has 1 aromatic carbocycles. The molecule has 0 fully saturated rings. The topological polar surface area (TPSA) is 43.1 Å². The van der Waals surface area contributed by atoms with Gasteiger partial charge in [-0.2, -0.15) is 0 Å². The number of carbonyl (C=O) groups is 1. The molecule has 0 radical (unpaired) electrons. The average molecular weight is 365 g/mol. The van der Waals surface area contributed by atoms with E-state index >= 15 is 0 Å². The first kappa shape index (κ1) is 17.6. The van der Waals surface area contributed by atoms with E-state index in [-0.39, 0.29) is 16.4 Å². The van der Waals surface area contributed by atoms with E-state index in [0.29, 0.717) is 23.4 Å². The Balaban J connectivity index is 2.69. The Morgan fingerprint density at radius 3 is 2.70 bits per heavy atom. The Kier molecular flexibility index (Phi) is 7.70. The van der Waals surface area contributed by atoms with Crippen molar-refractivity contribution < 1.29 is 9.18 Å². The van der Waals surface area contributed by atoms with Gasteiger partial charge in [0.05, 0.1) is 10.6 Å². The summed E-state index contributed by atoms with van der Waals surface area (Å²) in [5, 5.41) is -0.0390. The number of hydrogen-bond acceptors (Lipinski definition) is 2. The fraction of sp³-hybridized carbons (Fsp3) is 0.533. The Bertz CT molecular complexity index is 461. The van der Waals surface area contributed by atoms with Gasteiger partial charge < -0.3 is 5.73 Å². The predicted molar refractivity (Wildman–Crippen MR) is 84.7 cm³/mol. The van der Waals surface area contributed by atoms with Gasteiger partial charge in [0.15, 0.2) is 11.6 Å². The van der Waals surface area contributed by atoms with Crippen LogP contribution in [0.25, 0.3) is 0 Å². The number of hydrogen-bond donors (Lipinski definition) is 1. The zero-order valence-corrected chi connectivity index (χ0v) is 13.9. The summed E-state index contributed by atoms with van der Waals surface area (Å²) in [6.45, 7) is 2.73. The van der Waals surface area contributed by atoms with E-state index in [1.54, 1.807) is 6.07 Å². The standard InChI is InChI=1S/C15H20BrClFNO/c1-2-3-10(8-9-19)4-7-13(20)11-5-6-12(16)14(17)15(11)18/h5-6,10H,2-4,7-9,19H2,1H3. The molecule has 0 aromatic heterocycles. The highest BCUT2D eigenvalue weighted by atomic mass is 79.9. The minimum absolute atomic E-state index is 0.0390. The zero-order chi connectivity index (χ0) is 15.1. The van der Waals surface area contributed by atoms with Crippen molar-refractivity contribution in [3.8, 4) is 0 Å². The molecule has 0 aliphatic heterocycles. The molecular weight excluding hydrogens is 345 g/mol. The number of nitrogens with two attached hydrogens (primary N) is 1. The normalized spacial score (nSPS) is 12.4. The van der Waals surface area contributed by atoms with E-state index in [1.807, 2.05) is 0 Å². The van der Waals surface area contributed by atoms with Crippen LogP contribution in [0.4, 0.5) is 4.39 Å². The van der Waals surface area contributed by atoms with Crippen LogP contribution >= 0.6 is 27.5 Å². The van der Waals surface area contributed by atoms with E-state index in [0.717, 1.165) is 25.7 Å². The van der Waals surface area contributed by atoms with E-state index in [4.69, 9.17) is 17.3 Å². The highest BCUT2D eigenvalue weighted by molar-refractivity contribution is 9.10. The van der Waals surface area contributed by atoms with E-state index in [2.05, 4.69) is 22.9 Å². The summed E-state index contributed by atoms with van der Waals surface area (Å²) >= 11 is 8.93. The van der Waals surface area contributed by atoms with Crippen molar-refractivity contribution in [2.24, 2.45) is 11.7 Å². The summed E-state index contributed by atoms with van der Waals surface area (Å²) in [5.74, 6) is -0.408. The van der Waals surface area contributed by atoms with Crippen LogP contribution in [0.1, 0.15) is 49.4 Å². The van der Waals surface area contributed by atoms with Crippen LogP contribution in [0, 0.1) is 11.7 Å². The van der Waals surface area contributed by atoms with Crippen LogP contribution in [-0.2, 0) is 0 Å². The molecule has 0 spiro atoms. The average Bonchev–Trinajstić information content (AvgIpc) is 2.42. The second kappa shape index (κ2) is 8.75. The van der Waals surface area contributed by atoms with Gasteiger partial charge in [0.2, 0.25) is 0 Å². The van der Waals surface area contributed by atoms with Gasteiger partial charge in [-0.05, 0) is 53.4 Å². The molecule has 0 amide bonds. The number of ketones is 1. The molecule has 0 saturated heterocycles. The van der Waals surface area contributed by atoms with Crippen molar-refractivity contribution in [3.05, 3.63) is 33.0 Å². The summed E-state index contributed by atoms with van der Waals surface area (Å²) < 4.78 is 14.4. The minimum Gasteiger partial charge on any atom is -0.330 e. The van der Waals surface area contributed by atoms with Crippen LogP contribution < -0.4 is 5.73 Å². The van der Waals surface area contributed by atoms with Crippen molar-refractivity contribution in [2.45, 2.75) is 39.0 Å². The highest BCUT2D eigenvalue weighted by Gasteiger charge is 2.17. The minimum atomic E-state index is -0.642. The van der Waals surface area contributed by atoms with Gasteiger partial charge in [0.1, 0.15) is 0 Å². The molecule has 1 aromatic rings. The Morgan fingerprint density at radius 1 is 1.40 bits per heavy atom. The lowest BCUT2D eigenvalue weighted by atomic mass is 9.92. The maximum absolute atomic E-state index is 13.9. The third kappa shape index (κ3) is 4.83. The van der Waals surface area contributed by atoms with Gasteiger partial charge in [0, 0.05) is 10.9 Å². The summed E-state index contributed by atoms with van der Waals surface area (Å²) in [6, 6.07) is 3.08. The summed E-state index contributed by atoms with van der Waals surface area (Å²) in [4.78, 5) is 12.1. The van der Waals surface area contributed by atoms with Crippen LogP contribution in [-0.4, -0.2) is 12.3 Å². The van der Waals surface area contributed by atoms with E-state index in [1.165, 1.54) is 6.07 Å². The van der Waals surface area contributed by atoms with Crippen molar-refractivity contribution in [1.29, 1.82) is 0 Å². The van der Waals surface area contributed by atoms with Crippen molar-refractivity contribution >= 4 is 33.3 Å². The quantitative estimate of drug-likeness (QED) is 0.523. The first-order valence-corrected chi connectivity index (χ1v) is 8.05. The monoisotopic (exact) mass is 363 g/mol. The number of halogens is 3. The molecule has 1 atom stereocenters. The van der Waals surface area contributed by atoms with Crippen molar-refractivity contribution in [2.75, 3.05) is 6.54 Å². The fourth-order valence-electron chi connectivity index (χ4n) is 2.29. The first-order valence-electron chi connectivity index (χ1n) is 6.88. The lowest BCUT2D eigenvalue weighted by Crippen LogP contribution is -2.11. The number of carbonyl (C=O) groups excluding carboxylic acids is 1. The molecule has 0 aliphatic rings. The number of Topliss-reactive ketones (excluding diaryl/α,β-unsaturated/α-hetero) is 1.